The summed E-state index contributed by atoms with van der Waals surface area (Å²) >= 11 is 0. The molecule has 5 heteroatoms. The van der Waals surface area contributed by atoms with Gasteiger partial charge in [0.15, 0.2) is 6.29 Å². The van der Waals surface area contributed by atoms with Gasteiger partial charge in [-0.3, -0.25) is 0 Å². The SMILES string of the molecule is COc1ccc2c(c1)CCC(C)(C1CCCCC1)C2(O)c1ccc(N2CCC(C(OC)OC)CC2)cc1. The molecule has 2 fully saturated rings. The monoisotopic (exact) mass is 507 g/mol. The van der Waals surface area contributed by atoms with Crippen LogP contribution in [0.15, 0.2) is 42.5 Å². The number of aliphatic hydroxyl groups is 1. The predicted molar refractivity (Wildman–Crippen MR) is 148 cm³/mol. The van der Waals surface area contributed by atoms with Crippen LogP contribution in [0.1, 0.15) is 75.0 Å². The minimum atomic E-state index is -1.02. The highest BCUT2D eigenvalue weighted by molar-refractivity contribution is 5.53. The largest absolute Gasteiger partial charge is 0.497 e. The van der Waals surface area contributed by atoms with Crippen LogP contribution in [0.2, 0.25) is 0 Å². The van der Waals surface area contributed by atoms with Gasteiger partial charge >= 0.3 is 0 Å². The number of rotatable bonds is 7. The van der Waals surface area contributed by atoms with E-state index in [9.17, 15) is 5.11 Å². The summed E-state index contributed by atoms with van der Waals surface area (Å²) in [5.41, 5.74) is 3.29. The molecule has 1 saturated heterocycles. The number of hydrogen-bond acceptors (Lipinski definition) is 5. The Morgan fingerprint density at radius 1 is 0.892 bits per heavy atom. The van der Waals surface area contributed by atoms with Gasteiger partial charge in [0, 0.05) is 44.3 Å². The molecule has 5 rings (SSSR count). The number of nitrogens with zero attached hydrogens (tertiary/aromatic N) is 1. The highest BCUT2D eigenvalue weighted by atomic mass is 16.7. The Hall–Kier alpha value is -2.08. The highest BCUT2D eigenvalue weighted by Gasteiger charge is 2.56. The summed E-state index contributed by atoms with van der Waals surface area (Å²) in [6, 6.07) is 15.1. The van der Waals surface area contributed by atoms with Gasteiger partial charge < -0.3 is 24.2 Å². The molecule has 2 atom stereocenters. The molecule has 5 nitrogen and oxygen atoms in total. The quantitative estimate of drug-likeness (QED) is 0.446. The Kier molecular flexibility index (Phi) is 7.86. The molecule has 1 saturated carbocycles. The lowest BCUT2D eigenvalue weighted by molar-refractivity contribution is -0.141. The van der Waals surface area contributed by atoms with Crippen molar-refractivity contribution in [2.24, 2.45) is 17.3 Å². The molecule has 0 radical (unpaired) electrons. The zero-order chi connectivity index (χ0) is 26.0. The molecular weight excluding hydrogens is 462 g/mol. The fraction of sp³-hybridized carbons (Fsp3) is 0.625. The van der Waals surface area contributed by atoms with Crippen molar-refractivity contribution in [1.82, 2.24) is 0 Å². The minimum absolute atomic E-state index is 0.124. The van der Waals surface area contributed by atoms with Crippen molar-refractivity contribution in [3.8, 4) is 5.75 Å². The van der Waals surface area contributed by atoms with Gasteiger partial charge in [-0.1, -0.05) is 44.4 Å². The maximum Gasteiger partial charge on any atom is 0.159 e. The van der Waals surface area contributed by atoms with Crippen molar-refractivity contribution in [3.63, 3.8) is 0 Å². The topological polar surface area (TPSA) is 51.2 Å². The van der Waals surface area contributed by atoms with Crippen LogP contribution in [0, 0.1) is 17.3 Å². The van der Waals surface area contributed by atoms with Gasteiger partial charge in [0.1, 0.15) is 11.4 Å². The van der Waals surface area contributed by atoms with Gasteiger partial charge in [0.25, 0.3) is 0 Å². The van der Waals surface area contributed by atoms with Gasteiger partial charge in [-0.15, -0.1) is 0 Å². The number of aryl methyl sites for hydroxylation is 1. The van der Waals surface area contributed by atoms with E-state index in [2.05, 4.69) is 48.2 Å². The lowest BCUT2D eigenvalue weighted by Crippen LogP contribution is -2.53. The summed E-state index contributed by atoms with van der Waals surface area (Å²) in [4.78, 5) is 2.45. The van der Waals surface area contributed by atoms with Crippen LogP contribution in [0.4, 0.5) is 5.69 Å². The van der Waals surface area contributed by atoms with Crippen molar-refractivity contribution in [1.29, 1.82) is 0 Å². The number of hydrogen-bond donors (Lipinski definition) is 1. The zero-order valence-corrected chi connectivity index (χ0v) is 23.2. The van der Waals surface area contributed by atoms with Crippen molar-refractivity contribution in [2.75, 3.05) is 39.3 Å². The third-order valence-corrected chi connectivity index (χ3v) is 9.99. The lowest BCUT2D eigenvalue weighted by atomic mass is 9.52. The first-order chi connectivity index (χ1) is 17.9. The second-order valence-electron chi connectivity index (χ2n) is 11.7. The Bertz CT molecular complexity index is 1040. The maximum atomic E-state index is 12.9. The third kappa shape index (κ3) is 4.68. The molecule has 0 spiro atoms. The summed E-state index contributed by atoms with van der Waals surface area (Å²) in [5, 5.41) is 12.9. The van der Waals surface area contributed by atoms with Gasteiger partial charge in [0.05, 0.1) is 7.11 Å². The maximum absolute atomic E-state index is 12.9. The fourth-order valence-electron chi connectivity index (χ4n) is 7.69. The summed E-state index contributed by atoms with van der Waals surface area (Å²) < 4.78 is 16.6. The standard InChI is InChI=1S/C32H45NO4/c1-31(25-8-6-5-7-9-25)19-16-24-22-28(35-2)14-15-29(24)32(31,34)26-10-12-27(13-11-26)33-20-17-23(18-21-33)30(36-3)37-4/h10-15,22-23,25,30,34H,5-9,16-21H2,1-4H3. The molecule has 1 N–H and O–H groups in total. The Morgan fingerprint density at radius 2 is 1.57 bits per heavy atom. The van der Waals surface area contributed by atoms with Crippen molar-refractivity contribution >= 4 is 5.69 Å². The molecule has 37 heavy (non-hydrogen) atoms. The highest BCUT2D eigenvalue weighted by Crippen LogP contribution is 2.59. The Balaban J connectivity index is 1.46. The van der Waals surface area contributed by atoms with Crippen LogP contribution in [0.3, 0.4) is 0 Å². The molecule has 2 aromatic carbocycles. The molecule has 1 aliphatic heterocycles. The van der Waals surface area contributed by atoms with Crippen molar-refractivity contribution in [2.45, 2.75) is 76.6 Å². The summed E-state index contributed by atoms with van der Waals surface area (Å²) in [5.74, 6) is 1.82. The average molecular weight is 508 g/mol. The number of methoxy groups -OCH3 is 3. The average Bonchev–Trinajstić information content (AvgIpc) is 2.96. The molecule has 2 aliphatic carbocycles. The fourth-order valence-corrected chi connectivity index (χ4v) is 7.69. The lowest BCUT2D eigenvalue weighted by Gasteiger charge is -2.55. The first kappa shape index (κ1) is 26.5. The van der Waals surface area contributed by atoms with Crippen LogP contribution in [-0.4, -0.2) is 45.8 Å². The van der Waals surface area contributed by atoms with Crippen LogP contribution in [0.5, 0.6) is 5.75 Å². The summed E-state index contributed by atoms with van der Waals surface area (Å²) in [7, 11) is 5.17. The van der Waals surface area contributed by atoms with Crippen LogP contribution in [-0.2, 0) is 21.5 Å². The first-order valence-electron chi connectivity index (χ1n) is 14.3. The molecule has 0 aromatic heterocycles. The van der Waals surface area contributed by atoms with Gasteiger partial charge in [0.2, 0.25) is 0 Å². The second-order valence-corrected chi connectivity index (χ2v) is 11.7. The minimum Gasteiger partial charge on any atom is -0.497 e. The van der Waals surface area contributed by atoms with E-state index >= 15 is 0 Å². The molecule has 0 bridgehead atoms. The molecule has 202 valence electrons. The second kappa shape index (κ2) is 11.0. The molecule has 2 unspecified atom stereocenters. The van der Waals surface area contributed by atoms with E-state index < -0.39 is 5.60 Å². The summed E-state index contributed by atoms with van der Waals surface area (Å²) in [6.45, 7) is 4.33. The van der Waals surface area contributed by atoms with Crippen molar-refractivity contribution in [3.05, 3.63) is 59.2 Å². The first-order valence-corrected chi connectivity index (χ1v) is 14.3. The number of piperidine rings is 1. The van der Waals surface area contributed by atoms with E-state index in [0.29, 0.717) is 11.8 Å². The van der Waals surface area contributed by atoms with E-state index in [1.165, 1.54) is 43.4 Å². The van der Waals surface area contributed by atoms with E-state index in [-0.39, 0.29) is 11.7 Å². The van der Waals surface area contributed by atoms with Crippen LogP contribution >= 0.6 is 0 Å². The molecule has 1 heterocycles. The summed E-state index contributed by atoms with van der Waals surface area (Å²) in [6.07, 6.45) is 10.2. The van der Waals surface area contributed by atoms with E-state index in [1.54, 1.807) is 21.3 Å². The molecule has 2 aromatic rings. The van der Waals surface area contributed by atoms with Crippen molar-refractivity contribution < 1.29 is 19.3 Å². The zero-order valence-electron chi connectivity index (χ0n) is 23.2. The molecule has 3 aliphatic rings. The van der Waals surface area contributed by atoms with Gasteiger partial charge in [-0.25, -0.2) is 0 Å². The third-order valence-electron chi connectivity index (χ3n) is 9.99. The Labute approximate surface area is 223 Å². The van der Waals surface area contributed by atoms with E-state index in [0.717, 1.165) is 55.6 Å². The number of ether oxygens (including phenoxy) is 3. The smallest absolute Gasteiger partial charge is 0.159 e. The van der Waals surface area contributed by atoms with Gasteiger partial charge in [-0.2, -0.15) is 0 Å². The normalized spacial score (nSPS) is 27.4. The number of benzene rings is 2. The van der Waals surface area contributed by atoms with Gasteiger partial charge in [-0.05, 0) is 85.4 Å². The molecular formula is C32H45NO4. The van der Waals surface area contributed by atoms with E-state index in [4.69, 9.17) is 14.2 Å². The number of fused-ring (bicyclic) bond motifs is 1. The number of anilines is 1. The Morgan fingerprint density at radius 3 is 2.19 bits per heavy atom. The van der Waals surface area contributed by atoms with Crippen LogP contribution in [0.25, 0.3) is 0 Å². The molecule has 0 amide bonds. The predicted octanol–water partition coefficient (Wildman–Crippen LogP) is 6.30. The van der Waals surface area contributed by atoms with Crippen LogP contribution < -0.4 is 9.64 Å². The van der Waals surface area contributed by atoms with E-state index in [1.807, 2.05) is 6.07 Å².